The highest BCUT2D eigenvalue weighted by Gasteiger charge is 2.40. The molecule has 128 valence electrons. The van der Waals surface area contributed by atoms with Gasteiger partial charge in [-0.3, -0.25) is 9.59 Å². The van der Waals surface area contributed by atoms with E-state index in [0.29, 0.717) is 24.3 Å². The molecule has 0 atom stereocenters. The molecular formula is C18H22N2O4. The van der Waals surface area contributed by atoms with Crippen LogP contribution in [0, 0.1) is 16.7 Å². The Kier molecular flexibility index (Phi) is 6.19. The van der Waals surface area contributed by atoms with Crippen molar-refractivity contribution in [3.8, 4) is 11.8 Å². The first-order valence-electron chi connectivity index (χ1n) is 8.19. The molecule has 1 aliphatic rings. The Morgan fingerprint density at radius 1 is 1.17 bits per heavy atom. The number of benzene rings is 1. The molecule has 1 aliphatic carbocycles. The number of hydrogen-bond acceptors (Lipinski definition) is 4. The van der Waals surface area contributed by atoms with Crippen molar-refractivity contribution >= 4 is 17.6 Å². The van der Waals surface area contributed by atoms with E-state index in [1.807, 2.05) is 6.07 Å². The molecule has 0 spiro atoms. The summed E-state index contributed by atoms with van der Waals surface area (Å²) < 4.78 is 5.15. The monoisotopic (exact) mass is 330 g/mol. The molecule has 1 aromatic rings. The van der Waals surface area contributed by atoms with Crippen LogP contribution in [0.2, 0.25) is 0 Å². The highest BCUT2D eigenvalue weighted by atomic mass is 16.5. The Balaban J connectivity index is 1.98. The number of carboxylic acid groups (broad SMARTS) is 1. The Hall–Kier alpha value is -2.55. The maximum absolute atomic E-state index is 12.3. The molecule has 1 fully saturated rings. The predicted octanol–water partition coefficient (Wildman–Crippen LogP) is 3.34. The topological polar surface area (TPSA) is 99.4 Å². The predicted molar refractivity (Wildman–Crippen MR) is 88.6 cm³/mol. The number of nitriles is 1. The van der Waals surface area contributed by atoms with E-state index in [2.05, 4.69) is 5.32 Å². The summed E-state index contributed by atoms with van der Waals surface area (Å²) in [4.78, 5) is 24.0. The fraction of sp³-hybridized carbons (Fsp3) is 0.500. The second kappa shape index (κ2) is 8.34. The third-order valence-corrected chi connectivity index (χ3v) is 4.45. The van der Waals surface area contributed by atoms with E-state index < -0.39 is 11.4 Å². The SMILES string of the molecule is N#CCOc1ccc(NC(=O)CC2(C(=O)O)CCCCCC2)cc1. The highest BCUT2D eigenvalue weighted by molar-refractivity contribution is 5.94. The van der Waals surface area contributed by atoms with E-state index in [9.17, 15) is 14.7 Å². The summed E-state index contributed by atoms with van der Waals surface area (Å²) in [6, 6.07) is 8.54. The van der Waals surface area contributed by atoms with Crippen LogP contribution in [0.4, 0.5) is 5.69 Å². The number of anilines is 1. The van der Waals surface area contributed by atoms with Gasteiger partial charge in [0.15, 0.2) is 6.61 Å². The van der Waals surface area contributed by atoms with E-state index in [1.54, 1.807) is 24.3 Å². The fourth-order valence-electron chi connectivity index (χ4n) is 3.13. The number of carbonyl (C=O) groups is 2. The number of aliphatic carboxylic acids is 1. The Labute approximate surface area is 141 Å². The van der Waals surface area contributed by atoms with E-state index in [0.717, 1.165) is 25.7 Å². The molecule has 1 amide bonds. The maximum Gasteiger partial charge on any atom is 0.310 e. The van der Waals surface area contributed by atoms with Gasteiger partial charge in [0.2, 0.25) is 5.91 Å². The third kappa shape index (κ3) is 4.72. The lowest BCUT2D eigenvalue weighted by molar-refractivity contribution is -0.152. The molecule has 6 nitrogen and oxygen atoms in total. The first-order valence-corrected chi connectivity index (χ1v) is 8.19. The van der Waals surface area contributed by atoms with Crippen molar-refractivity contribution in [1.82, 2.24) is 0 Å². The van der Waals surface area contributed by atoms with Gasteiger partial charge in [-0.05, 0) is 37.1 Å². The molecular weight excluding hydrogens is 308 g/mol. The van der Waals surface area contributed by atoms with Crippen molar-refractivity contribution in [2.75, 3.05) is 11.9 Å². The molecule has 6 heteroatoms. The molecule has 24 heavy (non-hydrogen) atoms. The maximum atomic E-state index is 12.3. The van der Waals surface area contributed by atoms with Crippen LogP contribution in [0.1, 0.15) is 44.9 Å². The van der Waals surface area contributed by atoms with Crippen LogP contribution >= 0.6 is 0 Å². The lowest BCUT2D eigenvalue weighted by Crippen LogP contribution is -2.35. The van der Waals surface area contributed by atoms with Crippen LogP contribution in [-0.4, -0.2) is 23.6 Å². The van der Waals surface area contributed by atoms with Gasteiger partial charge in [-0.15, -0.1) is 0 Å². The standard InChI is InChI=1S/C18H22N2O4/c19-11-12-24-15-7-5-14(6-8-15)20-16(21)13-18(17(22)23)9-3-1-2-4-10-18/h5-8H,1-4,9-10,12-13H2,(H,20,21)(H,22,23). The number of carbonyl (C=O) groups excluding carboxylic acids is 1. The minimum absolute atomic E-state index is 0.00494. The summed E-state index contributed by atoms with van der Waals surface area (Å²) in [5, 5.41) is 20.8. The number of rotatable bonds is 6. The van der Waals surface area contributed by atoms with E-state index >= 15 is 0 Å². The second-order valence-electron chi connectivity index (χ2n) is 6.20. The molecule has 0 aliphatic heterocycles. The number of ether oxygens (including phenoxy) is 1. The molecule has 2 N–H and O–H groups in total. The van der Waals surface area contributed by atoms with Crippen molar-refractivity contribution < 1.29 is 19.4 Å². The molecule has 0 unspecified atom stereocenters. The Bertz CT molecular complexity index is 611. The van der Waals surface area contributed by atoms with Crippen LogP contribution in [0.15, 0.2) is 24.3 Å². The van der Waals surface area contributed by atoms with Crippen molar-refractivity contribution in [3.05, 3.63) is 24.3 Å². The lowest BCUT2D eigenvalue weighted by Gasteiger charge is -2.27. The first-order chi connectivity index (χ1) is 11.6. The molecule has 0 bridgehead atoms. The van der Waals surface area contributed by atoms with Crippen LogP contribution < -0.4 is 10.1 Å². The molecule has 0 heterocycles. The van der Waals surface area contributed by atoms with Gasteiger partial charge in [-0.2, -0.15) is 5.26 Å². The van der Waals surface area contributed by atoms with Crippen LogP contribution in [0.5, 0.6) is 5.75 Å². The number of carboxylic acids is 1. The summed E-state index contributed by atoms with van der Waals surface area (Å²) in [5.74, 6) is -0.620. The molecule has 1 saturated carbocycles. The van der Waals surface area contributed by atoms with E-state index in [1.165, 1.54) is 0 Å². The quantitative estimate of drug-likeness (QED) is 0.779. The molecule has 0 aromatic heterocycles. The number of amides is 1. The average molecular weight is 330 g/mol. The van der Waals surface area contributed by atoms with Crippen molar-refractivity contribution in [1.29, 1.82) is 5.26 Å². The molecule has 0 radical (unpaired) electrons. The minimum atomic E-state index is -0.948. The van der Waals surface area contributed by atoms with E-state index in [-0.39, 0.29) is 18.9 Å². The van der Waals surface area contributed by atoms with Gasteiger partial charge in [0.05, 0.1) is 5.41 Å². The normalized spacial score (nSPS) is 16.5. The zero-order valence-corrected chi connectivity index (χ0v) is 13.6. The van der Waals surface area contributed by atoms with Gasteiger partial charge in [-0.1, -0.05) is 25.7 Å². The summed E-state index contributed by atoms with van der Waals surface area (Å²) >= 11 is 0. The number of nitrogens with zero attached hydrogens (tertiary/aromatic N) is 1. The third-order valence-electron chi connectivity index (χ3n) is 4.45. The smallest absolute Gasteiger partial charge is 0.310 e. The molecule has 0 saturated heterocycles. The zero-order valence-electron chi connectivity index (χ0n) is 13.6. The van der Waals surface area contributed by atoms with Crippen LogP contribution in [0.3, 0.4) is 0 Å². The largest absolute Gasteiger partial charge is 0.481 e. The molecule has 1 aromatic carbocycles. The van der Waals surface area contributed by atoms with Crippen molar-refractivity contribution in [2.24, 2.45) is 5.41 Å². The van der Waals surface area contributed by atoms with Crippen molar-refractivity contribution in [3.63, 3.8) is 0 Å². The zero-order chi connectivity index (χ0) is 17.4. The van der Waals surface area contributed by atoms with Gasteiger partial charge >= 0.3 is 5.97 Å². The Morgan fingerprint density at radius 3 is 2.33 bits per heavy atom. The summed E-state index contributed by atoms with van der Waals surface area (Å²) in [5.41, 5.74) is -0.366. The van der Waals surface area contributed by atoms with Gasteiger partial charge < -0.3 is 15.2 Å². The lowest BCUT2D eigenvalue weighted by atomic mass is 9.77. The number of nitrogens with one attached hydrogen (secondary N) is 1. The van der Waals surface area contributed by atoms with Gasteiger partial charge in [0.1, 0.15) is 11.8 Å². The summed E-state index contributed by atoms with van der Waals surface area (Å²) in [6.45, 7) is -0.0349. The summed E-state index contributed by atoms with van der Waals surface area (Å²) in [6.07, 6.45) is 4.86. The summed E-state index contributed by atoms with van der Waals surface area (Å²) in [7, 11) is 0. The Morgan fingerprint density at radius 2 is 1.79 bits per heavy atom. The highest BCUT2D eigenvalue weighted by Crippen LogP contribution is 2.38. The first kappa shape index (κ1) is 17.8. The minimum Gasteiger partial charge on any atom is -0.481 e. The van der Waals surface area contributed by atoms with Gasteiger partial charge in [0, 0.05) is 12.1 Å². The van der Waals surface area contributed by atoms with Crippen LogP contribution in [-0.2, 0) is 9.59 Å². The number of hydrogen-bond donors (Lipinski definition) is 2. The van der Waals surface area contributed by atoms with Crippen molar-refractivity contribution in [2.45, 2.75) is 44.9 Å². The second-order valence-corrected chi connectivity index (χ2v) is 6.20. The van der Waals surface area contributed by atoms with Gasteiger partial charge in [-0.25, -0.2) is 0 Å². The van der Waals surface area contributed by atoms with E-state index in [4.69, 9.17) is 10.00 Å². The fourth-order valence-corrected chi connectivity index (χ4v) is 3.13. The average Bonchev–Trinajstić information content (AvgIpc) is 2.80. The van der Waals surface area contributed by atoms with Gasteiger partial charge in [0.25, 0.3) is 0 Å². The van der Waals surface area contributed by atoms with Crippen LogP contribution in [0.25, 0.3) is 0 Å². The molecule has 2 rings (SSSR count).